The Labute approximate surface area is 232 Å². The van der Waals surface area contributed by atoms with E-state index in [2.05, 4.69) is 11.4 Å². The van der Waals surface area contributed by atoms with Crippen molar-refractivity contribution in [1.82, 2.24) is 0 Å². The number of aryl methyl sites for hydroxylation is 1. The summed E-state index contributed by atoms with van der Waals surface area (Å²) in [6, 6.07) is 24.7. The van der Waals surface area contributed by atoms with E-state index < -0.39 is 17.9 Å². The van der Waals surface area contributed by atoms with Crippen LogP contribution in [0.15, 0.2) is 102 Å². The van der Waals surface area contributed by atoms with E-state index in [0.29, 0.717) is 11.3 Å². The number of nitrogens with two attached hydrogens (primary N) is 1. The third-order valence-electron chi connectivity index (χ3n) is 6.62. The molecule has 0 aliphatic carbocycles. The van der Waals surface area contributed by atoms with E-state index in [0.717, 1.165) is 12.0 Å². The molecule has 0 fully saturated rings. The van der Waals surface area contributed by atoms with Crippen molar-refractivity contribution in [2.24, 2.45) is 5.73 Å². The molecule has 4 rings (SSSR count). The zero-order valence-corrected chi connectivity index (χ0v) is 22.3. The maximum atomic E-state index is 13.3. The number of rotatable bonds is 7. The van der Waals surface area contributed by atoms with Crippen LogP contribution in [0.1, 0.15) is 34.3 Å². The standard InChI is InChI=1S/C31H28N4O5/c1-4-19-11-8-9-16-24(19)34-29(36)21-14-10-15-22(17-21)35-27(31(38)40-3)26(30(37)39-2)25(23(18-32)28(35)33)20-12-6-5-7-13-20/h5-17,25H,4,33H2,1-3H3,(H,34,36). The number of nitrogens with zero attached hydrogens (tertiary/aromatic N) is 2. The second-order valence-electron chi connectivity index (χ2n) is 8.85. The molecule has 0 radical (unpaired) electrons. The van der Waals surface area contributed by atoms with Gasteiger partial charge >= 0.3 is 11.9 Å². The molecule has 3 aromatic rings. The Morgan fingerprint density at radius 1 is 0.950 bits per heavy atom. The first-order valence-electron chi connectivity index (χ1n) is 12.5. The fourth-order valence-corrected chi connectivity index (χ4v) is 4.71. The summed E-state index contributed by atoms with van der Waals surface area (Å²) in [5.41, 5.74) is 9.01. The molecule has 0 aromatic heterocycles. The number of nitriles is 1. The Morgan fingerprint density at radius 2 is 1.62 bits per heavy atom. The van der Waals surface area contributed by atoms with E-state index in [-0.39, 0.29) is 39.8 Å². The molecule has 40 heavy (non-hydrogen) atoms. The smallest absolute Gasteiger partial charge is 0.355 e. The number of methoxy groups -OCH3 is 2. The Morgan fingerprint density at radius 3 is 2.27 bits per heavy atom. The highest BCUT2D eigenvalue weighted by atomic mass is 16.5. The van der Waals surface area contributed by atoms with E-state index in [1.165, 1.54) is 25.2 Å². The van der Waals surface area contributed by atoms with Gasteiger partial charge in [-0.1, -0.05) is 61.5 Å². The first-order valence-corrected chi connectivity index (χ1v) is 12.5. The van der Waals surface area contributed by atoms with Crippen molar-refractivity contribution in [1.29, 1.82) is 5.26 Å². The van der Waals surface area contributed by atoms with Crippen LogP contribution in [0.2, 0.25) is 0 Å². The molecule has 9 heteroatoms. The summed E-state index contributed by atoms with van der Waals surface area (Å²) in [5, 5.41) is 13.1. The van der Waals surface area contributed by atoms with Crippen LogP contribution in [0.25, 0.3) is 0 Å². The monoisotopic (exact) mass is 536 g/mol. The number of nitrogens with one attached hydrogen (secondary N) is 1. The molecule has 0 bridgehead atoms. The number of esters is 2. The Hall–Kier alpha value is -5.36. The molecule has 0 spiro atoms. The van der Waals surface area contributed by atoms with Crippen LogP contribution >= 0.6 is 0 Å². The third kappa shape index (κ3) is 5.15. The summed E-state index contributed by atoms with van der Waals surface area (Å²) in [5.74, 6) is -3.15. The number of anilines is 2. The maximum absolute atomic E-state index is 13.3. The van der Waals surface area contributed by atoms with Crippen molar-refractivity contribution >= 4 is 29.2 Å². The van der Waals surface area contributed by atoms with Gasteiger partial charge in [0.25, 0.3) is 5.91 Å². The van der Waals surface area contributed by atoms with Crippen molar-refractivity contribution in [3.8, 4) is 6.07 Å². The van der Waals surface area contributed by atoms with Crippen LogP contribution < -0.4 is 16.0 Å². The minimum absolute atomic E-state index is 0.0333. The first-order chi connectivity index (χ1) is 19.4. The average Bonchev–Trinajstić information content (AvgIpc) is 3.00. The number of ether oxygens (including phenoxy) is 2. The maximum Gasteiger partial charge on any atom is 0.355 e. The largest absolute Gasteiger partial charge is 0.466 e. The zero-order chi connectivity index (χ0) is 28.8. The van der Waals surface area contributed by atoms with Gasteiger partial charge in [0.2, 0.25) is 0 Å². The molecule has 1 heterocycles. The van der Waals surface area contributed by atoms with E-state index >= 15 is 0 Å². The van der Waals surface area contributed by atoms with Gasteiger partial charge in [0, 0.05) is 16.9 Å². The molecule has 1 aliphatic heterocycles. The average molecular weight is 537 g/mol. The van der Waals surface area contributed by atoms with Gasteiger partial charge in [0.1, 0.15) is 11.5 Å². The van der Waals surface area contributed by atoms with E-state index in [1.54, 1.807) is 48.5 Å². The normalized spacial score (nSPS) is 14.8. The highest BCUT2D eigenvalue weighted by Crippen LogP contribution is 2.43. The molecule has 202 valence electrons. The van der Waals surface area contributed by atoms with Crippen LogP contribution in [0.3, 0.4) is 0 Å². The molecular formula is C31H28N4O5. The second kappa shape index (κ2) is 12.0. The Bertz CT molecular complexity index is 1570. The number of benzene rings is 3. The topological polar surface area (TPSA) is 135 Å². The Kier molecular flexibility index (Phi) is 8.30. The van der Waals surface area contributed by atoms with Gasteiger partial charge in [0.15, 0.2) is 0 Å². The molecule has 1 atom stereocenters. The lowest BCUT2D eigenvalue weighted by Crippen LogP contribution is -2.40. The minimum Gasteiger partial charge on any atom is -0.466 e. The lowest BCUT2D eigenvalue weighted by Gasteiger charge is -2.36. The van der Waals surface area contributed by atoms with Crippen molar-refractivity contribution < 1.29 is 23.9 Å². The number of para-hydroxylation sites is 1. The quantitative estimate of drug-likeness (QED) is 0.424. The lowest BCUT2D eigenvalue weighted by molar-refractivity contribution is -0.139. The molecule has 1 aliphatic rings. The molecule has 0 saturated heterocycles. The SMILES string of the molecule is CCc1ccccc1NC(=O)c1cccc(N2C(N)=C(C#N)C(c3ccccc3)C(C(=O)OC)=C2C(=O)OC)c1. The summed E-state index contributed by atoms with van der Waals surface area (Å²) in [4.78, 5) is 41.0. The predicted octanol–water partition coefficient (Wildman–Crippen LogP) is 4.40. The first kappa shape index (κ1) is 27.7. The lowest BCUT2D eigenvalue weighted by atomic mass is 9.81. The molecule has 9 nitrogen and oxygen atoms in total. The number of amides is 1. The van der Waals surface area contributed by atoms with Crippen LogP contribution in [-0.4, -0.2) is 32.1 Å². The third-order valence-corrected chi connectivity index (χ3v) is 6.62. The number of hydrogen-bond acceptors (Lipinski definition) is 8. The molecule has 3 aromatic carbocycles. The van der Waals surface area contributed by atoms with E-state index in [9.17, 15) is 19.6 Å². The number of carbonyl (C=O) groups is 3. The number of carbonyl (C=O) groups excluding carboxylic acids is 3. The van der Waals surface area contributed by atoms with Gasteiger partial charge in [-0.25, -0.2) is 9.59 Å². The van der Waals surface area contributed by atoms with Crippen molar-refractivity contribution in [2.45, 2.75) is 19.3 Å². The summed E-state index contributed by atoms with van der Waals surface area (Å²) >= 11 is 0. The minimum atomic E-state index is -0.985. The summed E-state index contributed by atoms with van der Waals surface area (Å²) in [6.07, 6.45) is 0.731. The highest BCUT2D eigenvalue weighted by Gasteiger charge is 2.43. The van der Waals surface area contributed by atoms with Crippen LogP contribution in [0.4, 0.5) is 11.4 Å². The molecular weight excluding hydrogens is 508 g/mol. The van der Waals surface area contributed by atoms with Gasteiger partial charge in [-0.2, -0.15) is 5.26 Å². The second-order valence-corrected chi connectivity index (χ2v) is 8.85. The van der Waals surface area contributed by atoms with Crippen LogP contribution in [0.5, 0.6) is 0 Å². The van der Waals surface area contributed by atoms with Gasteiger partial charge in [-0.15, -0.1) is 0 Å². The number of allylic oxidation sites excluding steroid dienone is 1. The summed E-state index contributed by atoms with van der Waals surface area (Å²) < 4.78 is 10.1. The Balaban J connectivity index is 1.89. The van der Waals surface area contributed by atoms with Crippen molar-refractivity contribution in [3.05, 3.63) is 118 Å². The van der Waals surface area contributed by atoms with Crippen molar-refractivity contribution in [3.63, 3.8) is 0 Å². The fraction of sp³-hybridized carbons (Fsp3) is 0.161. The van der Waals surface area contributed by atoms with E-state index in [4.69, 9.17) is 15.2 Å². The van der Waals surface area contributed by atoms with Gasteiger partial charge in [-0.05, 0) is 41.8 Å². The fourth-order valence-electron chi connectivity index (χ4n) is 4.71. The van der Waals surface area contributed by atoms with Gasteiger partial charge < -0.3 is 20.5 Å². The number of hydrogen-bond donors (Lipinski definition) is 2. The van der Waals surface area contributed by atoms with Gasteiger partial charge in [0.05, 0.1) is 37.4 Å². The molecule has 3 N–H and O–H groups in total. The molecule has 0 saturated carbocycles. The van der Waals surface area contributed by atoms with Crippen molar-refractivity contribution in [2.75, 3.05) is 24.4 Å². The van der Waals surface area contributed by atoms with Crippen LogP contribution in [-0.2, 0) is 25.5 Å². The van der Waals surface area contributed by atoms with Gasteiger partial charge in [-0.3, -0.25) is 9.69 Å². The van der Waals surface area contributed by atoms with E-state index in [1.807, 2.05) is 31.2 Å². The molecule has 1 unspecified atom stereocenters. The predicted molar refractivity (Wildman–Crippen MR) is 150 cm³/mol. The summed E-state index contributed by atoms with van der Waals surface area (Å²) in [6.45, 7) is 1.99. The summed E-state index contributed by atoms with van der Waals surface area (Å²) in [7, 11) is 2.36. The highest BCUT2D eigenvalue weighted by molar-refractivity contribution is 6.08. The molecule has 1 amide bonds. The zero-order valence-electron chi connectivity index (χ0n) is 22.3. The van der Waals surface area contributed by atoms with Crippen LogP contribution in [0, 0.1) is 11.3 Å².